The summed E-state index contributed by atoms with van der Waals surface area (Å²) in [5.41, 5.74) is 0.633. The van der Waals surface area contributed by atoms with Gasteiger partial charge < -0.3 is 10.6 Å². The third kappa shape index (κ3) is 7.20. The smallest absolute Gasteiger partial charge is 0.243 e. The number of hydrogen-bond donors (Lipinski definition) is 2. The molecule has 0 radical (unpaired) electrons. The average Bonchev–Trinajstić information content (AvgIpc) is 2.54. The Morgan fingerprint density at radius 1 is 1.23 bits per heavy atom. The van der Waals surface area contributed by atoms with Crippen LogP contribution in [-0.4, -0.2) is 23.3 Å². The van der Waals surface area contributed by atoms with Gasteiger partial charge in [0.05, 0.1) is 18.4 Å². The summed E-state index contributed by atoms with van der Waals surface area (Å²) in [6.45, 7) is 4.18. The van der Waals surface area contributed by atoms with E-state index in [1.165, 1.54) is 19.3 Å². The quantitative estimate of drug-likeness (QED) is 0.652. The van der Waals surface area contributed by atoms with E-state index in [1.54, 1.807) is 24.5 Å². The Balaban J connectivity index is 2.29. The molecule has 0 aromatic carbocycles. The van der Waals surface area contributed by atoms with Gasteiger partial charge in [0.25, 0.3) is 0 Å². The predicted octanol–water partition coefficient (Wildman–Crippen LogP) is 3.13. The largest absolute Gasteiger partial charge is 0.347 e. The molecule has 22 heavy (non-hydrogen) atoms. The van der Waals surface area contributed by atoms with Gasteiger partial charge in [0.2, 0.25) is 11.8 Å². The summed E-state index contributed by atoms with van der Waals surface area (Å²) < 4.78 is 0. The van der Waals surface area contributed by atoms with Crippen molar-refractivity contribution < 1.29 is 9.59 Å². The molecule has 0 spiro atoms. The number of nitrogens with zero attached hydrogens (tertiary/aromatic N) is 1. The third-order valence-corrected chi connectivity index (χ3v) is 3.64. The molecule has 1 aromatic rings. The van der Waals surface area contributed by atoms with Gasteiger partial charge in [-0.3, -0.25) is 14.6 Å². The molecule has 2 amide bonds. The number of aromatic nitrogens is 1. The van der Waals surface area contributed by atoms with Crippen LogP contribution >= 0.6 is 0 Å². The van der Waals surface area contributed by atoms with Crippen LogP contribution in [0.25, 0.3) is 0 Å². The molecule has 0 aliphatic heterocycles. The number of nitrogens with one attached hydrogen (secondary N) is 2. The van der Waals surface area contributed by atoms with Gasteiger partial charge in [0.1, 0.15) is 0 Å². The van der Waals surface area contributed by atoms with E-state index in [0.29, 0.717) is 5.69 Å². The minimum Gasteiger partial charge on any atom is -0.347 e. The molecule has 2 N–H and O–H groups in total. The third-order valence-electron chi connectivity index (χ3n) is 3.64. The minimum absolute atomic E-state index is 0.000806. The SMILES string of the molecule is CCCCCCC(CC)C(=O)NCC(=O)Nc1cccnc1. The first kappa shape index (κ1) is 18.1. The van der Waals surface area contributed by atoms with Gasteiger partial charge in [-0.25, -0.2) is 0 Å². The number of unbranched alkanes of at least 4 members (excludes halogenated alkanes) is 3. The van der Waals surface area contributed by atoms with Gasteiger partial charge in [-0.05, 0) is 25.0 Å². The van der Waals surface area contributed by atoms with Gasteiger partial charge >= 0.3 is 0 Å². The van der Waals surface area contributed by atoms with E-state index in [4.69, 9.17) is 0 Å². The molecule has 1 unspecified atom stereocenters. The Morgan fingerprint density at radius 2 is 2.05 bits per heavy atom. The fourth-order valence-electron chi connectivity index (χ4n) is 2.29. The number of anilines is 1. The van der Waals surface area contributed by atoms with Crippen LogP contribution in [0.2, 0.25) is 0 Å². The summed E-state index contributed by atoms with van der Waals surface area (Å²) in [6, 6.07) is 3.51. The first-order valence-corrected chi connectivity index (χ1v) is 8.15. The number of pyridine rings is 1. The Labute approximate surface area is 132 Å². The van der Waals surface area contributed by atoms with Crippen molar-refractivity contribution in [3.63, 3.8) is 0 Å². The molecule has 5 nitrogen and oxygen atoms in total. The standard InChI is InChI=1S/C17H27N3O2/c1-3-5-6-7-9-14(4-2)17(22)19-13-16(21)20-15-10-8-11-18-12-15/h8,10-12,14H,3-7,9,13H2,1-2H3,(H,19,22)(H,20,21). The molecule has 5 heteroatoms. The van der Waals surface area contributed by atoms with E-state index in [-0.39, 0.29) is 24.3 Å². The van der Waals surface area contributed by atoms with Crippen molar-refractivity contribution in [1.29, 1.82) is 0 Å². The van der Waals surface area contributed by atoms with Crippen LogP contribution in [0.15, 0.2) is 24.5 Å². The fourth-order valence-corrected chi connectivity index (χ4v) is 2.29. The second kappa shape index (κ2) is 10.8. The van der Waals surface area contributed by atoms with Gasteiger partial charge in [-0.1, -0.05) is 39.5 Å². The van der Waals surface area contributed by atoms with Gasteiger partial charge in [-0.15, -0.1) is 0 Å². The highest BCUT2D eigenvalue weighted by molar-refractivity contribution is 5.94. The number of carbonyl (C=O) groups is 2. The maximum Gasteiger partial charge on any atom is 0.243 e. The number of amides is 2. The summed E-state index contributed by atoms with van der Waals surface area (Å²) >= 11 is 0. The zero-order valence-corrected chi connectivity index (χ0v) is 13.6. The molecule has 1 atom stereocenters. The van der Waals surface area contributed by atoms with Crippen molar-refractivity contribution in [1.82, 2.24) is 10.3 Å². The van der Waals surface area contributed by atoms with Gasteiger partial charge in [0, 0.05) is 12.1 Å². The molecule has 122 valence electrons. The predicted molar refractivity (Wildman–Crippen MR) is 88.4 cm³/mol. The van der Waals surface area contributed by atoms with Crippen molar-refractivity contribution in [3.05, 3.63) is 24.5 Å². The summed E-state index contributed by atoms with van der Waals surface area (Å²) in [7, 11) is 0. The molecular formula is C17H27N3O2. The second-order valence-corrected chi connectivity index (χ2v) is 5.46. The van der Waals surface area contributed by atoms with Crippen LogP contribution in [0.4, 0.5) is 5.69 Å². The van der Waals surface area contributed by atoms with E-state index in [0.717, 1.165) is 19.3 Å². The zero-order chi connectivity index (χ0) is 16.2. The highest BCUT2D eigenvalue weighted by Crippen LogP contribution is 2.14. The normalized spacial score (nSPS) is 11.7. The van der Waals surface area contributed by atoms with E-state index in [1.807, 2.05) is 6.92 Å². The lowest BCUT2D eigenvalue weighted by Crippen LogP contribution is -2.36. The molecule has 0 saturated heterocycles. The maximum atomic E-state index is 12.1. The lowest BCUT2D eigenvalue weighted by molar-refractivity contribution is -0.127. The summed E-state index contributed by atoms with van der Waals surface area (Å²) in [4.78, 5) is 27.8. The van der Waals surface area contributed by atoms with Crippen molar-refractivity contribution in [2.45, 2.75) is 52.4 Å². The Morgan fingerprint density at radius 3 is 2.68 bits per heavy atom. The first-order valence-electron chi connectivity index (χ1n) is 8.15. The lowest BCUT2D eigenvalue weighted by Gasteiger charge is -2.14. The Bertz CT molecular complexity index is 448. The van der Waals surface area contributed by atoms with Crippen molar-refractivity contribution in [3.8, 4) is 0 Å². The monoisotopic (exact) mass is 305 g/mol. The van der Waals surface area contributed by atoms with Gasteiger partial charge in [0.15, 0.2) is 0 Å². The van der Waals surface area contributed by atoms with Crippen LogP contribution in [0, 0.1) is 5.92 Å². The summed E-state index contributed by atoms with van der Waals surface area (Å²) in [5, 5.41) is 5.42. The van der Waals surface area contributed by atoms with E-state index < -0.39 is 0 Å². The van der Waals surface area contributed by atoms with Crippen LogP contribution < -0.4 is 10.6 Å². The molecular weight excluding hydrogens is 278 g/mol. The Hall–Kier alpha value is -1.91. The molecule has 0 bridgehead atoms. The highest BCUT2D eigenvalue weighted by atomic mass is 16.2. The lowest BCUT2D eigenvalue weighted by atomic mass is 9.97. The van der Waals surface area contributed by atoms with Crippen molar-refractivity contribution in [2.75, 3.05) is 11.9 Å². The summed E-state index contributed by atoms with van der Waals surface area (Å²) in [5.74, 6) is -0.259. The van der Waals surface area contributed by atoms with E-state index in [2.05, 4.69) is 22.5 Å². The molecule has 0 fully saturated rings. The fraction of sp³-hybridized carbons (Fsp3) is 0.588. The minimum atomic E-state index is -0.234. The first-order chi connectivity index (χ1) is 10.7. The van der Waals surface area contributed by atoms with E-state index in [9.17, 15) is 9.59 Å². The highest BCUT2D eigenvalue weighted by Gasteiger charge is 2.16. The van der Waals surface area contributed by atoms with Crippen LogP contribution in [0.3, 0.4) is 0 Å². The molecule has 1 heterocycles. The van der Waals surface area contributed by atoms with E-state index >= 15 is 0 Å². The van der Waals surface area contributed by atoms with Gasteiger partial charge in [-0.2, -0.15) is 0 Å². The molecule has 0 aliphatic carbocycles. The molecule has 0 aliphatic rings. The number of hydrogen-bond acceptors (Lipinski definition) is 3. The maximum absolute atomic E-state index is 12.1. The van der Waals surface area contributed by atoms with Crippen LogP contribution in [-0.2, 0) is 9.59 Å². The second-order valence-electron chi connectivity index (χ2n) is 5.46. The zero-order valence-electron chi connectivity index (χ0n) is 13.6. The average molecular weight is 305 g/mol. The number of rotatable bonds is 10. The Kier molecular flexibility index (Phi) is 8.88. The van der Waals surface area contributed by atoms with Crippen molar-refractivity contribution >= 4 is 17.5 Å². The topological polar surface area (TPSA) is 71.1 Å². The van der Waals surface area contributed by atoms with Crippen LogP contribution in [0.5, 0.6) is 0 Å². The number of carbonyl (C=O) groups excluding carboxylic acids is 2. The van der Waals surface area contributed by atoms with Crippen LogP contribution in [0.1, 0.15) is 52.4 Å². The molecule has 1 aromatic heterocycles. The molecule has 0 saturated carbocycles. The summed E-state index contributed by atoms with van der Waals surface area (Å²) in [6.07, 6.45) is 9.56. The van der Waals surface area contributed by atoms with Crippen molar-refractivity contribution in [2.24, 2.45) is 5.92 Å². The molecule has 1 rings (SSSR count).